The first-order valence-electron chi connectivity index (χ1n) is 12.6. The first-order valence-corrected chi connectivity index (χ1v) is 12.6. The molecule has 3 aromatic carbocycles. The first-order chi connectivity index (χ1) is 19.2. The highest BCUT2D eigenvalue weighted by atomic mass is 19.4. The van der Waals surface area contributed by atoms with E-state index in [1.807, 2.05) is 0 Å². The van der Waals surface area contributed by atoms with Crippen molar-refractivity contribution < 1.29 is 50.1 Å². The van der Waals surface area contributed by atoms with E-state index >= 15 is 0 Å². The summed E-state index contributed by atoms with van der Waals surface area (Å²) in [6, 6.07) is 12.9. The topological polar surface area (TPSA) is 59.0 Å². The number of benzene rings is 3. The molecule has 0 saturated carbocycles. The van der Waals surface area contributed by atoms with Crippen LogP contribution in [-0.2, 0) is 29.4 Å². The summed E-state index contributed by atoms with van der Waals surface area (Å²) in [4.78, 5) is 14.8. The van der Waals surface area contributed by atoms with E-state index < -0.39 is 47.3 Å². The van der Waals surface area contributed by atoms with Gasteiger partial charge in [-0.2, -0.15) is 26.3 Å². The Bertz CT molecular complexity index is 1450. The largest absolute Gasteiger partial charge is 0.497 e. The van der Waals surface area contributed by atoms with Gasteiger partial charge < -0.3 is 19.5 Å². The SMILES string of the molecule is COc1cccc(O[C@H]2CCc3cc4c(cc3N(C(=O)Cc3ccc(C(F)(F)F)cc3)C2)C(F)C4(O)C(F)(F)F)c1. The van der Waals surface area contributed by atoms with Crippen LogP contribution in [0.2, 0.25) is 0 Å². The predicted octanol–water partition coefficient (Wildman–Crippen LogP) is 6.46. The quantitative estimate of drug-likeness (QED) is 0.351. The number of aryl methyl sites for hydroxylation is 1. The van der Waals surface area contributed by atoms with Crippen molar-refractivity contribution in [1.82, 2.24) is 0 Å². The predicted molar refractivity (Wildman–Crippen MR) is 133 cm³/mol. The van der Waals surface area contributed by atoms with Gasteiger partial charge in [-0.25, -0.2) is 4.39 Å². The second-order valence-electron chi connectivity index (χ2n) is 10.0. The van der Waals surface area contributed by atoms with Crippen LogP contribution in [0.15, 0.2) is 60.7 Å². The van der Waals surface area contributed by atoms with Crippen LogP contribution in [0.25, 0.3) is 0 Å². The van der Waals surface area contributed by atoms with Gasteiger partial charge in [0.05, 0.1) is 25.6 Å². The van der Waals surface area contributed by atoms with Crippen molar-refractivity contribution in [1.29, 1.82) is 0 Å². The number of anilines is 1. The van der Waals surface area contributed by atoms with E-state index in [4.69, 9.17) is 9.47 Å². The van der Waals surface area contributed by atoms with E-state index in [1.165, 1.54) is 24.1 Å². The Morgan fingerprint density at radius 3 is 2.34 bits per heavy atom. The summed E-state index contributed by atoms with van der Waals surface area (Å²) < 4.78 is 106. The van der Waals surface area contributed by atoms with Crippen LogP contribution in [0.4, 0.5) is 36.4 Å². The minimum absolute atomic E-state index is 0.0665. The zero-order valence-electron chi connectivity index (χ0n) is 21.5. The highest BCUT2D eigenvalue weighted by Crippen LogP contribution is 2.60. The van der Waals surface area contributed by atoms with Gasteiger partial charge in [-0.1, -0.05) is 18.2 Å². The third-order valence-electron chi connectivity index (χ3n) is 7.43. The number of alkyl halides is 7. The molecule has 1 aliphatic carbocycles. The smallest absolute Gasteiger partial charge is 0.424 e. The van der Waals surface area contributed by atoms with Gasteiger partial charge in [0.15, 0.2) is 6.17 Å². The number of ether oxygens (including phenoxy) is 2. The lowest BCUT2D eigenvalue weighted by atomic mass is 9.70. The average molecular weight is 584 g/mol. The number of hydrogen-bond donors (Lipinski definition) is 1. The highest BCUT2D eigenvalue weighted by molar-refractivity contribution is 5.96. The fraction of sp³-hybridized carbons (Fsp3) is 0.345. The first kappa shape index (κ1) is 28.7. The summed E-state index contributed by atoms with van der Waals surface area (Å²) >= 11 is 0. The van der Waals surface area contributed by atoms with Gasteiger partial charge in [0.25, 0.3) is 0 Å². The molecule has 5 rings (SSSR count). The number of rotatable bonds is 5. The van der Waals surface area contributed by atoms with Crippen LogP contribution in [0, 0.1) is 0 Å². The Morgan fingerprint density at radius 2 is 1.71 bits per heavy atom. The molecule has 2 aliphatic rings. The Labute approximate surface area is 230 Å². The molecule has 0 aromatic heterocycles. The number of carbonyl (C=O) groups excluding carboxylic acids is 1. The lowest BCUT2D eigenvalue weighted by Gasteiger charge is -2.44. The fourth-order valence-corrected chi connectivity index (χ4v) is 5.21. The number of hydrogen-bond acceptors (Lipinski definition) is 4. The van der Waals surface area contributed by atoms with Crippen LogP contribution >= 0.6 is 0 Å². The molecule has 41 heavy (non-hydrogen) atoms. The molecule has 0 spiro atoms. The molecule has 0 radical (unpaired) electrons. The van der Waals surface area contributed by atoms with Gasteiger partial charge in [-0.3, -0.25) is 4.79 Å². The summed E-state index contributed by atoms with van der Waals surface area (Å²) in [5.74, 6) is 0.347. The molecule has 1 N–H and O–H groups in total. The van der Waals surface area contributed by atoms with Crippen molar-refractivity contribution in [2.75, 3.05) is 18.6 Å². The molecule has 2 unspecified atom stereocenters. The minimum atomic E-state index is -5.26. The third-order valence-corrected chi connectivity index (χ3v) is 7.43. The standard InChI is InChI=1S/C29H24F7NO4/c1-40-19-3-2-4-20(13-19)41-21-10-7-17-12-23-22(26(30)27(23,39)29(34,35)36)14-24(17)37(15-21)25(38)11-16-5-8-18(9-6-16)28(31,32)33/h2-6,8-9,12-14,21,26,39H,7,10-11,15H2,1H3/t21-,26?,27?/m0/s1. The van der Waals surface area contributed by atoms with Crippen molar-refractivity contribution in [2.45, 2.75) is 49.5 Å². The zero-order valence-corrected chi connectivity index (χ0v) is 21.5. The molecular formula is C29H24F7NO4. The van der Waals surface area contributed by atoms with Crippen LogP contribution in [0.5, 0.6) is 11.5 Å². The van der Waals surface area contributed by atoms with Crippen LogP contribution in [0.1, 0.15) is 40.4 Å². The summed E-state index contributed by atoms with van der Waals surface area (Å²) in [7, 11) is 1.47. The Morgan fingerprint density at radius 1 is 1.02 bits per heavy atom. The van der Waals surface area contributed by atoms with Gasteiger partial charge in [-0.05, 0) is 65.9 Å². The molecule has 12 heteroatoms. The maximum Gasteiger partial charge on any atom is 0.424 e. The minimum Gasteiger partial charge on any atom is -0.497 e. The normalized spacial score (nSPS) is 22.2. The number of fused-ring (bicyclic) bond motifs is 2. The molecule has 3 aromatic rings. The van der Waals surface area contributed by atoms with E-state index in [2.05, 4.69) is 0 Å². The third kappa shape index (κ3) is 5.20. The van der Waals surface area contributed by atoms with E-state index in [0.717, 1.165) is 24.3 Å². The van der Waals surface area contributed by atoms with Gasteiger partial charge in [0, 0.05) is 17.3 Å². The number of aliphatic hydroxyl groups is 1. The van der Waals surface area contributed by atoms with Crippen LogP contribution in [0.3, 0.4) is 0 Å². The van der Waals surface area contributed by atoms with E-state index in [9.17, 15) is 40.6 Å². The van der Waals surface area contributed by atoms with Crippen LogP contribution < -0.4 is 14.4 Å². The number of methoxy groups -OCH3 is 1. The van der Waals surface area contributed by atoms with Crippen molar-refractivity contribution in [3.8, 4) is 11.5 Å². The van der Waals surface area contributed by atoms with Crippen molar-refractivity contribution in [3.63, 3.8) is 0 Å². The van der Waals surface area contributed by atoms with Gasteiger partial charge >= 0.3 is 12.4 Å². The molecule has 0 bridgehead atoms. The summed E-state index contributed by atoms with van der Waals surface area (Å²) in [5, 5.41) is 10.2. The number of carbonyl (C=O) groups is 1. The fourth-order valence-electron chi connectivity index (χ4n) is 5.21. The van der Waals surface area contributed by atoms with Crippen LogP contribution in [-0.4, -0.2) is 36.9 Å². The monoisotopic (exact) mass is 583 g/mol. The van der Waals surface area contributed by atoms with E-state index in [-0.39, 0.29) is 48.2 Å². The average Bonchev–Trinajstić information content (AvgIpc) is 3.10. The maximum atomic E-state index is 14.8. The van der Waals surface area contributed by atoms with Crippen molar-refractivity contribution in [2.24, 2.45) is 0 Å². The Balaban J connectivity index is 1.49. The molecule has 1 heterocycles. The molecule has 5 nitrogen and oxygen atoms in total. The lowest BCUT2D eigenvalue weighted by Crippen LogP contribution is -2.53. The molecule has 0 saturated heterocycles. The maximum absolute atomic E-state index is 14.8. The molecular weight excluding hydrogens is 559 g/mol. The molecule has 218 valence electrons. The zero-order chi connectivity index (χ0) is 29.7. The van der Waals surface area contributed by atoms with Gasteiger partial charge in [0.2, 0.25) is 11.5 Å². The summed E-state index contributed by atoms with van der Waals surface area (Å²) in [6.07, 6.45) is -13.1. The summed E-state index contributed by atoms with van der Waals surface area (Å²) in [6.45, 7) is -0.0665. The highest BCUT2D eigenvalue weighted by Gasteiger charge is 2.68. The number of halogens is 7. The molecule has 3 atom stereocenters. The van der Waals surface area contributed by atoms with E-state index in [0.29, 0.717) is 11.5 Å². The number of amides is 1. The summed E-state index contributed by atoms with van der Waals surface area (Å²) in [5.41, 5.74) is -4.83. The van der Waals surface area contributed by atoms with E-state index in [1.54, 1.807) is 24.3 Å². The lowest BCUT2D eigenvalue weighted by molar-refractivity contribution is -0.302. The second kappa shape index (κ2) is 10.2. The molecule has 0 fully saturated rings. The second-order valence-corrected chi connectivity index (χ2v) is 10.0. The Kier molecular flexibility index (Phi) is 7.17. The van der Waals surface area contributed by atoms with Gasteiger partial charge in [0.1, 0.15) is 17.6 Å². The Hall–Kier alpha value is -3.80. The van der Waals surface area contributed by atoms with Gasteiger partial charge in [-0.15, -0.1) is 0 Å². The van der Waals surface area contributed by atoms with Crippen molar-refractivity contribution >= 4 is 11.6 Å². The van der Waals surface area contributed by atoms with Crippen molar-refractivity contribution in [3.05, 3.63) is 88.5 Å². The number of nitrogens with zero attached hydrogens (tertiary/aromatic N) is 1. The molecule has 1 amide bonds. The molecule has 1 aliphatic heterocycles.